The Morgan fingerprint density at radius 2 is 1.93 bits per heavy atom. The lowest BCUT2D eigenvalue weighted by atomic mass is 10.2. The Balaban J connectivity index is 1.26. The molecule has 5 aromatic rings. The first-order valence-corrected chi connectivity index (χ1v) is 12.7. The number of rotatable bonds is 7. The summed E-state index contributed by atoms with van der Waals surface area (Å²) in [5.74, 6) is 0.529. The summed E-state index contributed by atoms with van der Waals surface area (Å²) in [6, 6.07) is 8.41. The van der Waals surface area contributed by atoms with Crippen molar-refractivity contribution in [2.24, 2.45) is 7.05 Å². The van der Waals surface area contributed by atoms with Crippen LogP contribution in [0.3, 0.4) is 0 Å². The van der Waals surface area contributed by atoms with Gasteiger partial charge in [-0.25, -0.2) is 29.0 Å². The molecule has 0 bridgehead atoms. The van der Waals surface area contributed by atoms with Gasteiger partial charge in [0.1, 0.15) is 28.6 Å². The quantitative estimate of drug-likeness (QED) is 0.296. The van der Waals surface area contributed by atoms with Crippen LogP contribution in [-0.4, -0.2) is 79.0 Å². The number of ether oxygens (including phenoxy) is 2. The highest BCUT2D eigenvalue weighted by atomic mass is 19.1. The van der Waals surface area contributed by atoms with E-state index < -0.39 is 5.82 Å². The van der Waals surface area contributed by atoms with Crippen molar-refractivity contribution in [3.05, 3.63) is 61.3 Å². The van der Waals surface area contributed by atoms with Crippen molar-refractivity contribution in [1.29, 1.82) is 0 Å². The summed E-state index contributed by atoms with van der Waals surface area (Å²) in [5.41, 5.74) is 2.49. The first-order valence-electron chi connectivity index (χ1n) is 12.7. The van der Waals surface area contributed by atoms with Gasteiger partial charge < -0.3 is 24.6 Å². The number of hydrogen-bond donors (Lipinski definition) is 1. The number of aromatic nitrogens is 7. The lowest BCUT2D eigenvalue weighted by Crippen LogP contribution is -2.48. The molecular weight excluding hydrogens is 531 g/mol. The molecule has 3 aromatic heterocycles. The van der Waals surface area contributed by atoms with Gasteiger partial charge in [0.05, 0.1) is 24.5 Å². The number of methoxy groups -OCH3 is 1. The highest BCUT2D eigenvalue weighted by Crippen LogP contribution is 2.39. The second-order valence-corrected chi connectivity index (χ2v) is 9.19. The van der Waals surface area contributed by atoms with Crippen LogP contribution in [0.2, 0.25) is 0 Å². The Morgan fingerprint density at radius 3 is 2.71 bits per heavy atom. The molecule has 1 N–H and O–H groups in total. The number of benzene rings is 2. The predicted octanol–water partition coefficient (Wildman–Crippen LogP) is 3.22. The van der Waals surface area contributed by atoms with Crippen LogP contribution in [-0.2, 0) is 11.8 Å². The zero-order valence-corrected chi connectivity index (χ0v) is 22.3. The molecule has 4 heterocycles. The van der Waals surface area contributed by atoms with E-state index in [1.54, 1.807) is 41.0 Å². The van der Waals surface area contributed by atoms with Crippen LogP contribution in [0.15, 0.2) is 55.5 Å². The minimum Gasteiger partial charge on any atom is -0.490 e. The van der Waals surface area contributed by atoms with Gasteiger partial charge in [-0.05, 0) is 30.3 Å². The molecule has 0 unspecified atom stereocenters. The number of amides is 1. The summed E-state index contributed by atoms with van der Waals surface area (Å²) < 4.78 is 28.6. The number of carbonyl (C=O) groups excluding carboxylic acids is 1. The molecule has 14 heteroatoms. The van der Waals surface area contributed by atoms with Gasteiger partial charge in [0.15, 0.2) is 23.1 Å². The van der Waals surface area contributed by atoms with Gasteiger partial charge in [-0.1, -0.05) is 11.8 Å². The molecule has 1 aliphatic heterocycles. The molecule has 0 atom stereocenters. The van der Waals surface area contributed by atoms with Crippen molar-refractivity contribution in [3.8, 4) is 17.2 Å². The van der Waals surface area contributed by atoms with E-state index in [1.165, 1.54) is 25.6 Å². The third-order valence-corrected chi connectivity index (χ3v) is 6.74. The lowest BCUT2D eigenvalue weighted by molar-refractivity contribution is -0.126. The summed E-state index contributed by atoms with van der Waals surface area (Å²) in [5, 5.41) is 11.1. The minimum atomic E-state index is -0.672. The van der Waals surface area contributed by atoms with Gasteiger partial charge in [0.2, 0.25) is 11.9 Å². The van der Waals surface area contributed by atoms with Crippen LogP contribution in [0.25, 0.3) is 22.1 Å². The molecule has 0 saturated carbocycles. The zero-order valence-electron chi connectivity index (χ0n) is 22.3. The van der Waals surface area contributed by atoms with Gasteiger partial charge >= 0.3 is 0 Å². The predicted molar refractivity (Wildman–Crippen MR) is 149 cm³/mol. The Hall–Kier alpha value is -5.40. The fourth-order valence-electron chi connectivity index (χ4n) is 4.59. The van der Waals surface area contributed by atoms with E-state index in [-0.39, 0.29) is 23.1 Å². The Labute approximate surface area is 233 Å². The fraction of sp³-hybridized carbons (Fsp3) is 0.222. The van der Waals surface area contributed by atoms with Crippen LogP contribution in [0, 0.1) is 5.82 Å². The van der Waals surface area contributed by atoms with E-state index in [1.807, 2.05) is 11.0 Å². The number of carbonyl (C=O) groups is 1. The zero-order chi connectivity index (χ0) is 28.5. The smallest absolute Gasteiger partial charge is 0.246 e. The third kappa shape index (κ3) is 4.90. The second-order valence-electron chi connectivity index (χ2n) is 9.19. The summed E-state index contributed by atoms with van der Waals surface area (Å²) in [7, 11) is 3.16. The van der Waals surface area contributed by atoms with Gasteiger partial charge in [0, 0.05) is 39.3 Å². The van der Waals surface area contributed by atoms with Crippen molar-refractivity contribution in [1.82, 2.24) is 39.8 Å². The molecule has 6 rings (SSSR count). The summed E-state index contributed by atoms with van der Waals surface area (Å²) >= 11 is 0. The molecule has 1 saturated heterocycles. The maximum absolute atomic E-state index is 15.7. The van der Waals surface area contributed by atoms with Crippen LogP contribution >= 0.6 is 0 Å². The highest BCUT2D eigenvalue weighted by molar-refractivity contribution is 5.88. The molecular formula is C27H25FN10O3. The van der Waals surface area contributed by atoms with Gasteiger partial charge in [-0.15, -0.1) is 5.10 Å². The average molecular weight is 557 g/mol. The average Bonchev–Trinajstić information content (AvgIpc) is 3.38. The number of hydrogen-bond acceptors (Lipinski definition) is 11. The van der Waals surface area contributed by atoms with Crippen LogP contribution < -0.4 is 19.7 Å². The second kappa shape index (κ2) is 10.6. The molecule has 1 fully saturated rings. The lowest BCUT2D eigenvalue weighted by Gasteiger charge is -2.34. The molecule has 13 nitrogen and oxygen atoms in total. The van der Waals surface area contributed by atoms with Crippen LogP contribution in [0.1, 0.15) is 0 Å². The molecule has 208 valence electrons. The SMILES string of the molecule is C=CC(=O)N1CCN(c2ncc3ncnc(Nc4ccc(Oc5ccc6c(c5)nnn6C)c(OC)c4F)c3n2)CC1. The standard InChI is InChI=1S/C27H25FN10O3/c1-4-22(39)37-9-11-38(12-10-37)27-29-14-19-24(33-27)26(31-15-30-19)32-17-6-8-21(25(40-3)23(17)28)41-16-5-7-20-18(13-16)34-35-36(20)2/h4-8,13-15H,1,9-12H2,2-3H3,(H,30,31,32). The van der Waals surface area contributed by atoms with Crippen molar-refractivity contribution in [3.63, 3.8) is 0 Å². The number of fused-ring (bicyclic) bond motifs is 2. The molecule has 2 aromatic carbocycles. The normalized spacial score (nSPS) is 13.4. The number of piperazine rings is 1. The van der Waals surface area contributed by atoms with Crippen molar-refractivity contribution in [2.75, 3.05) is 43.5 Å². The number of aryl methyl sites for hydroxylation is 1. The Morgan fingerprint density at radius 1 is 1.10 bits per heavy atom. The number of halogens is 1. The molecule has 0 aliphatic carbocycles. The van der Waals surface area contributed by atoms with E-state index in [0.717, 1.165) is 5.52 Å². The summed E-state index contributed by atoms with van der Waals surface area (Å²) in [6.45, 7) is 5.70. The fourth-order valence-corrected chi connectivity index (χ4v) is 4.59. The number of anilines is 3. The van der Waals surface area contributed by atoms with Crippen molar-refractivity contribution >= 4 is 45.4 Å². The number of nitrogens with zero attached hydrogens (tertiary/aromatic N) is 9. The first kappa shape index (κ1) is 25.9. The highest BCUT2D eigenvalue weighted by Gasteiger charge is 2.23. The molecule has 1 amide bonds. The van der Waals surface area contributed by atoms with Crippen LogP contribution in [0.5, 0.6) is 17.2 Å². The Kier molecular flexibility index (Phi) is 6.71. The summed E-state index contributed by atoms with van der Waals surface area (Å²) in [6.07, 6.45) is 4.25. The molecule has 41 heavy (non-hydrogen) atoms. The molecule has 0 radical (unpaired) electrons. The number of nitrogens with one attached hydrogen (secondary N) is 1. The van der Waals surface area contributed by atoms with E-state index >= 15 is 4.39 Å². The van der Waals surface area contributed by atoms with E-state index in [9.17, 15) is 4.79 Å². The van der Waals surface area contributed by atoms with Crippen molar-refractivity contribution < 1.29 is 18.7 Å². The van der Waals surface area contributed by atoms with Crippen molar-refractivity contribution in [2.45, 2.75) is 0 Å². The maximum Gasteiger partial charge on any atom is 0.246 e. The Bertz CT molecular complexity index is 1780. The monoisotopic (exact) mass is 556 g/mol. The molecule has 1 aliphatic rings. The minimum absolute atomic E-state index is 0.0881. The molecule has 0 spiro atoms. The maximum atomic E-state index is 15.7. The van der Waals surface area contributed by atoms with E-state index in [0.29, 0.717) is 60.2 Å². The van der Waals surface area contributed by atoms with Gasteiger partial charge in [-0.3, -0.25) is 4.79 Å². The third-order valence-electron chi connectivity index (χ3n) is 6.74. The van der Waals surface area contributed by atoms with E-state index in [2.05, 4.69) is 42.1 Å². The van der Waals surface area contributed by atoms with E-state index in [4.69, 9.17) is 9.47 Å². The largest absolute Gasteiger partial charge is 0.490 e. The topological polar surface area (TPSA) is 136 Å². The van der Waals surface area contributed by atoms with Gasteiger partial charge in [0.25, 0.3) is 0 Å². The van der Waals surface area contributed by atoms with Crippen LogP contribution in [0.4, 0.5) is 21.8 Å². The first-order chi connectivity index (χ1) is 19.9. The summed E-state index contributed by atoms with van der Waals surface area (Å²) in [4.78, 5) is 33.3. The van der Waals surface area contributed by atoms with Gasteiger partial charge in [-0.2, -0.15) is 0 Å².